The van der Waals surface area contributed by atoms with Crippen LogP contribution in [0.25, 0.3) is 0 Å². The molecule has 0 fully saturated rings. The molecule has 1 rings (SSSR count). The molecule has 3 N–H and O–H groups in total. The lowest BCUT2D eigenvalue weighted by atomic mass is 10.2. The minimum absolute atomic E-state index is 0.154. The van der Waals surface area contributed by atoms with E-state index in [0.29, 0.717) is 22.6 Å². The molecule has 100 valence electrons. The standard InChI is InChI=1S/C8H9NO3S.C2H6.CO2/c1-9-7-3-2-5(13-12)4-6(7)8(10)11;1-2;2-1-3/h2-4,9,12H,1H3,(H,10,11);1-2H3;. The van der Waals surface area contributed by atoms with Gasteiger partial charge in [-0.25, -0.2) is 4.79 Å². The fourth-order valence-corrected chi connectivity index (χ4v) is 1.27. The average Bonchev–Trinajstić information content (AvgIpc) is 2.41. The molecular weight excluding hydrogens is 258 g/mol. The lowest BCUT2D eigenvalue weighted by molar-refractivity contribution is -0.191. The first-order valence-electron chi connectivity index (χ1n) is 4.96. The first-order chi connectivity index (χ1) is 8.60. The average molecular weight is 273 g/mol. The number of hydrogen-bond donors (Lipinski definition) is 3. The van der Waals surface area contributed by atoms with Gasteiger partial charge in [0.1, 0.15) is 0 Å². The molecule has 0 aliphatic carbocycles. The molecule has 0 amide bonds. The van der Waals surface area contributed by atoms with E-state index in [1.54, 1.807) is 19.2 Å². The smallest absolute Gasteiger partial charge is 0.373 e. The highest BCUT2D eigenvalue weighted by Gasteiger charge is 2.09. The second kappa shape index (κ2) is 11.7. The summed E-state index contributed by atoms with van der Waals surface area (Å²) in [7, 11) is 1.65. The van der Waals surface area contributed by atoms with Gasteiger partial charge in [0.05, 0.1) is 5.56 Å². The fourth-order valence-electron chi connectivity index (χ4n) is 0.975. The van der Waals surface area contributed by atoms with E-state index in [1.165, 1.54) is 6.07 Å². The summed E-state index contributed by atoms with van der Waals surface area (Å²) in [6, 6.07) is 4.67. The van der Waals surface area contributed by atoms with Crippen LogP contribution in [0.4, 0.5) is 5.69 Å². The van der Waals surface area contributed by atoms with Crippen molar-refractivity contribution in [3.63, 3.8) is 0 Å². The number of aromatic carboxylic acids is 1. The second-order valence-electron chi connectivity index (χ2n) is 2.44. The lowest BCUT2D eigenvalue weighted by Gasteiger charge is -2.05. The van der Waals surface area contributed by atoms with Crippen molar-refractivity contribution < 1.29 is 24.0 Å². The van der Waals surface area contributed by atoms with Gasteiger partial charge in [-0.05, 0) is 18.2 Å². The van der Waals surface area contributed by atoms with E-state index in [-0.39, 0.29) is 11.7 Å². The Morgan fingerprint density at radius 3 is 2.17 bits per heavy atom. The van der Waals surface area contributed by atoms with Gasteiger partial charge in [0.2, 0.25) is 0 Å². The van der Waals surface area contributed by atoms with Crippen LogP contribution in [0.15, 0.2) is 23.1 Å². The van der Waals surface area contributed by atoms with Crippen LogP contribution in [0.2, 0.25) is 0 Å². The maximum atomic E-state index is 10.7. The van der Waals surface area contributed by atoms with Gasteiger partial charge in [-0.3, -0.25) is 0 Å². The SMILES string of the molecule is CC.CNc1ccc(SO)cc1C(=O)O.O=C=O. The lowest BCUT2D eigenvalue weighted by Crippen LogP contribution is -2.02. The molecule has 0 aliphatic heterocycles. The van der Waals surface area contributed by atoms with Gasteiger partial charge in [-0.1, -0.05) is 13.8 Å². The van der Waals surface area contributed by atoms with Gasteiger partial charge in [-0.2, -0.15) is 9.59 Å². The zero-order chi connectivity index (χ0) is 14.6. The Morgan fingerprint density at radius 2 is 1.83 bits per heavy atom. The van der Waals surface area contributed by atoms with Crippen molar-refractivity contribution in [3.8, 4) is 0 Å². The molecule has 1 aromatic rings. The number of carbonyl (C=O) groups excluding carboxylic acids is 2. The van der Waals surface area contributed by atoms with Crippen molar-refractivity contribution in [1.29, 1.82) is 0 Å². The molecule has 6 nitrogen and oxygen atoms in total. The summed E-state index contributed by atoms with van der Waals surface area (Å²) in [5.41, 5.74) is 0.687. The molecule has 0 saturated heterocycles. The fraction of sp³-hybridized carbons (Fsp3) is 0.273. The number of anilines is 1. The zero-order valence-electron chi connectivity index (χ0n) is 10.3. The topological polar surface area (TPSA) is 104 Å². The van der Waals surface area contributed by atoms with Gasteiger partial charge in [0.25, 0.3) is 0 Å². The summed E-state index contributed by atoms with van der Waals surface area (Å²) in [5, 5.41) is 11.5. The molecule has 0 heterocycles. The Bertz CT molecular complexity index is 402. The van der Waals surface area contributed by atoms with Crippen molar-refractivity contribution in [1.82, 2.24) is 0 Å². The maximum absolute atomic E-state index is 10.7. The third-order valence-electron chi connectivity index (χ3n) is 1.60. The van der Waals surface area contributed by atoms with Crippen LogP contribution >= 0.6 is 12.0 Å². The van der Waals surface area contributed by atoms with E-state index in [9.17, 15) is 4.79 Å². The van der Waals surface area contributed by atoms with E-state index >= 15 is 0 Å². The Balaban J connectivity index is 0. The largest absolute Gasteiger partial charge is 0.478 e. The highest BCUT2D eigenvalue weighted by Crippen LogP contribution is 2.22. The minimum Gasteiger partial charge on any atom is -0.478 e. The van der Waals surface area contributed by atoms with E-state index in [4.69, 9.17) is 19.2 Å². The van der Waals surface area contributed by atoms with E-state index in [2.05, 4.69) is 5.32 Å². The maximum Gasteiger partial charge on any atom is 0.373 e. The summed E-state index contributed by atoms with van der Waals surface area (Å²) >= 11 is 0.528. The number of benzene rings is 1. The zero-order valence-corrected chi connectivity index (χ0v) is 11.1. The predicted molar refractivity (Wildman–Crippen MR) is 67.8 cm³/mol. The molecule has 0 aliphatic rings. The molecule has 0 saturated carbocycles. The van der Waals surface area contributed by atoms with Crippen LogP contribution in [0, 0.1) is 0 Å². The summed E-state index contributed by atoms with van der Waals surface area (Å²) < 4.78 is 8.71. The molecular formula is C11H15NO5S. The van der Waals surface area contributed by atoms with Gasteiger partial charge in [0, 0.05) is 29.7 Å². The van der Waals surface area contributed by atoms with Crippen molar-refractivity contribution in [2.75, 3.05) is 12.4 Å². The van der Waals surface area contributed by atoms with Crippen LogP contribution in [0.5, 0.6) is 0 Å². The summed E-state index contributed by atoms with van der Waals surface area (Å²) in [6.07, 6.45) is 0.250. The third kappa shape index (κ3) is 6.70. The molecule has 0 bridgehead atoms. The number of hydrogen-bond acceptors (Lipinski definition) is 6. The molecule has 0 spiro atoms. The van der Waals surface area contributed by atoms with Crippen LogP contribution in [-0.2, 0) is 9.59 Å². The molecule has 0 radical (unpaired) electrons. The normalized spacial score (nSPS) is 7.78. The van der Waals surface area contributed by atoms with Gasteiger partial charge >= 0.3 is 12.1 Å². The van der Waals surface area contributed by atoms with Gasteiger partial charge in [0.15, 0.2) is 0 Å². The minimum atomic E-state index is -1.01. The van der Waals surface area contributed by atoms with Crippen LogP contribution < -0.4 is 5.32 Å². The summed E-state index contributed by atoms with van der Waals surface area (Å²) in [6.45, 7) is 4.00. The number of rotatable bonds is 3. The summed E-state index contributed by atoms with van der Waals surface area (Å²) in [5.74, 6) is -1.01. The highest BCUT2D eigenvalue weighted by atomic mass is 32.2. The first kappa shape index (κ1) is 18.5. The second-order valence-corrected chi connectivity index (χ2v) is 3.09. The number of carboxylic acid groups (broad SMARTS) is 1. The van der Waals surface area contributed by atoms with Crippen molar-refractivity contribution >= 4 is 29.9 Å². The van der Waals surface area contributed by atoms with Gasteiger partial charge < -0.3 is 15.0 Å². The monoisotopic (exact) mass is 273 g/mol. The Kier molecular flexibility index (Phi) is 12.0. The van der Waals surface area contributed by atoms with Crippen LogP contribution in [0.3, 0.4) is 0 Å². The highest BCUT2D eigenvalue weighted by molar-refractivity contribution is 7.93. The van der Waals surface area contributed by atoms with E-state index < -0.39 is 5.97 Å². The summed E-state index contributed by atoms with van der Waals surface area (Å²) in [4.78, 5) is 27.5. The predicted octanol–water partition coefficient (Wildman–Crippen LogP) is 2.43. The molecule has 18 heavy (non-hydrogen) atoms. The van der Waals surface area contributed by atoms with Crippen molar-refractivity contribution in [3.05, 3.63) is 23.8 Å². The molecule has 1 aromatic carbocycles. The number of nitrogens with one attached hydrogen (secondary N) is 1. The Hall–Kier alpha value is -1.82. The quantitative estimate of drug-likeness (QED) is 0.726. The van der Waals surface area contributed by atoms with Gasteiger partial charge in [-0.15, -0.1) is 0 Å². The van der Waals surface area contributed by atoms with Crippen LogP contribution in [-0.4, -0.2) is 28.8 Å². The first-order valence-corrected chi connectivity index (χ1v) is 5.73. The number of carbonyl (C=O) groups is 1. The molecule has 0 aromatic heterocycles. The number of carboxylic acids is 1. The Labute approximate surface area is 109 Å². The molecule has 7 heteroatoms. The van der Waals surface area contributed by atoms with E-state index in [1.807, 2.05) is 13.8 Å². The van der Waals surface area contributed by atoms with E-state index in [0.717, 1.165) is 0 Å². The Morgan fingerprint density at radius 1 is 1.33 bits per heavy atom. The van der Waals surface area contributed by atoms with Crippen molar-refractivity contribution in [2.24, 2.45) is 0 Å². The van der Waals surface area contributed by atoms with Crippen molar-refractivity contribution in [2.45, 2.75) is 18.7 Å². The molecule has 0 unspecified atom stereocenters. The molecule has 0 atom stereocenters. The third-order valence-corrected chi connectivity index (χ3v) is 2.06. The van der Waals surface area contributed by atoms with Crippen LogP contribution in [0.1, 0.15) is 24.2 Å².